The molecule has 0 radical (unpaired) electrons. The van der Waals surface area contributed by atoms with Gasteiger partial charge in [0, 0.05) is 31.0 Å². The van der Waals surface area contributed by atoms with Crippen LogP contribution >= 0.6 is 27.3 Å². The second-order valence-corrected chi connectivity index (χ2v) is 7.27. The number of nitriles is 1. The Morgan fingerprint density at radius 3 is 2.71 bits per heavy atom. The highest BCUT2D eigenvalue weighted by Crippen LogP contribution is 2.36. The SMILES string of the molecule is COc1cccc(-c2cc(-c3cc(Br)c(C)s3)c(C#N)c(=O)[nH]2)c1. The number of ether oxygens (including phenoxy) is 1. The minimum atomic E-state index is -0.394. The van der Waals surface area contributed by atoms with Crippen molar-refractivity contribution in [1.82, 2.24) is 4.98 Å². The number of benzene rings is 1. The number of H-pyrrole nitrogens is 1. The van der Waals surface area contributed by atoms with Crippen molar-refractivity contribution in [2.75, 3.05) is 7.11 Å². The molecule has 0 aliphatic heterocycles. The quantitative estimate of drug-likeness (QED) is 0.691. The molecule has 0 aliphatic rings. The summed E-state index contributed by atoms with van der Waals surface area (Å²) in [6.45, 7) is 1.99. The first kappa shape index (κ1) is 16.5. The van der Waals surface area contributed by atoms with E-state index in [9.17, 15) is 10.1 Å². The number of halogens is 1. The molecule has 3 rings (SSSR count). The molecular weight excluding hydrogens is 388 g/mol. The summed E-state index contributed by atoms with van der Waals surface area (Å²) in [6, 6.07) is 13.2. The summed E-state index contributed by atoms with van der Waals surface area (Å²) in [5, 5.41) is 9.38. The lowest BCUT2D eigenvalue weighted by molar-refractivity contribution is 0.415. The zero-order chi connectivity index (χ0) is 17.3. The van der Waals surface area contributed by atoms with Gasteiger partial charge < -0.3 is 9.72 Å². The van der Waals surface area contributed by atoms with Crippen LogP contribution in [0, 0.1) is 18.3 Å². The van der Waals surface area contributed by atoms with Crippen molar-refractivity contribution in [1.29, 1.82) is 5.26 Å². The molecule has 0 spiro atoms. The van der Waals surface area contributed by atoms with E-state index in [1.165, 1.54) is 0 Å². The zero-order valence-corrected chi connectivity index (χ0v) is 15.4. The smallest absolute Gasteiger partial charge is 0.267 e. The molecule has 0 saturated heterocycles. The highest BCUT2D eigenvalue weighted by molar-refractivity contribution is 9.10. The molecule has 0 amide bonds. The number of aromatic nitrogens is 1. The highest BCUT2D eigenvalue weighted by Gasteiger charge is 2.15. The van der Waals surface area contributed by atoms with Crippen LogP contribution < -0.4 is 10.3 Å². The molecule has 24 heavy (non-hydrogen) atoms. The summed E-state index contributed by atoms with van der Waals surface area (Å²) < 4.78 is 6.20. The fraction of sp³-hybridized carbons (Fsp3) is 0.111. The highest BCUT2D eigenvalue weighted by atomic mass is 79.9. The molecule has 3 aromatic rings. The predicted octanol–water partition coefficient (Wildman–Crippen LogP) is 4.72. The molecule has 0 fully saturated rings. The summed E-state index contributed by atoms with van der Waals surface area (Å²) in [5.41, 5.74) is 1.84. The molecule has 0 unspecified atom stereocenters. The molecule has 2 heterocycles. The molecule has 120 valence electrons. The number of nitrogens with zero attached hydrogens (tertiary/aromatic N) is 1. The summed E-state index contributed by atoms with van der Waals surface area (Å²) in [7, 11) is 1.60. The van der Waals surface area contributed by atoms with Gasteiger partial charge in [-0.05, 0) is 47.1 Å². The number of nitrogens with one attached hydrogen (secondary N) is 1. The fourth-order valence-electron chi connectivity index (χ4n) is 2.40. The average Bonchev–Trinajstić information content (AvgIpc) is 2.93. The van der Waals surface area contributed by atoms with Crippen molar-refractivity contribution >= 4 is 27.3 Å². The number of aromatic amines is 1. The first-order valence-corrected chi connectivity index (χ1v) is 8.72. The van der Waals surface area contributed by atoms with Gasteiger partial charge in [0.2, 0.25) is 0 Å². The van der Waals surface area contributed by atoms with Gasteiger partial charge in [0.25, 0.3) is 5.56 Å². The Labute approximate surface area is 151 Å². The Morgan fingerprint density at radius 1 is 1.29 bits per heavy atom. The van der Waals surface area contributed by atoms with Gasteiger partial charge in [0.15, 0.2) is 0 Å². The van der Waals surface area contributed by atoms with Crippen LogP contribution in [0.5, 0.6) is 5.75 Å². The van der Waals surface area contributed by atoms with Crippen molar-refractivity contribution in [3.05, 3.63) is 61.7 Å². The van der Waals surface area contributed by atoms with E-state index < -0.39 is 5.56 Å². The zero-order valence-electron chi connectivity index (χ0n) is 13.0. The van der Waals surface area contributed by atoms with Gasteiger partial charge in [-0.2, -0.15) is 5.26 Å². The van der Waals surface area contributed by atoms with E-state index in [0.29, 0.717) is 17.0 Å². The van der Waals surface area contributed by atoms with E-state index in [1.54, 1.807) is 18.4 Å². The Hall–Kier alpha value is -2.36. The van der Waals surface area contributed by atoms with Gasteiger partial charge in [0.1, 0.15) is 17.4 Å². The Balaban J connectivity index is 2.24. The van der Waals surface area contributed by atoms with Gasteiger partial charge in [0.05, 0.1) is 7.11 Å². The third kappa shape index (κ3) is 3.01. The van der Waals surface area contributed by atoms with Crippen LogP contribution in [-0.4, -0.2) is 12.1 Å². The van der Waals surface area contributed by atoms with Crippen LogP contribution in [0.2, 0.25) is 0 Å². The minimum Gasteiger partial charge on any atom is -0.497 e. The molecule has 4 nitrogen and oxygen atoms in total. The van der Waals surface area contributed by atoms with Crippen molar-refractivity contribution in [2.24, 2.45) is 0 Å². The maximum absolute atomic E-state index is 12.4. The van der Waals surface area contributed by atoms with Gasteiger partial charge in [-0.15, -0.1) is 11.3 Å². The monoisotopic (exact) mass is 400 g/mol. The van der Waals surface area contributed by atoms with Crippen LogP contribution in [0.15, 0.2) is 45.7 Å². The lowest BCUT2D eigenvalue weighted by atomic mass is 10.0. The third-order valence-electron chi connectivity index (χ3n) is 3.65. The van der Waals surface area contributed by atoms with E-state index in [4.69, 9.17) is 4.74 Å². The number of hydrogen-bond acceptors (Lipinski definition) is 4. The van der Waals surface area contributed by atoms with Crippen LogP contribution in [-0.2, 0) is 0 Å². The van der Waals surface area contributed by atoms with Gasteiger partial charge in [-0.25, -0.2) is 0 Å². The summed E-state index contributed by atoms with van der Waals surface area (Å²) in [5.74, 6) is 0.703. The first-order valence-electron chi connectivity index (χ1n) is 7.11. The molecule has 1 aromatic carbocycles. The number of rotatable bonds is 3. The van der Waals surface area contributed by atoms with E-state index in [1.807, 2.05) is 49.4 Å². The van der Waals surface area contributed by atoms with Crippen LogP contribution in [0.3, 0.4) is 0 Å². The van der Waals surface area contributed by atoms with E-state index >= 15 is 0 Å². The number of hydrogen-bond donors (Lipinski definition) is 1. The van der Waals surface area contributed by atoms with Gasteiger partial charge in [-0.3, -0.25) is 4.79 Å². The van der Waals surface area contributed by atoms with Crippen molar-refractivity contribution in [3.8, 4) is 33.5 Å². The lowest BCUT2D eigenvalue weighted by Crippen LogP contribution is -2.12. The van der Waals surface area contributed by atoms with E-state index in [-0.39, 0.29) is 5.56 Å². The molecule has 2 aromatic heterocycles. The number of thiophene rings is 1. The Bertz CT molecular complexity index is 995. The maximum Gasteiger partial charge on any atom is 0.267 e. The Kier molecular flexibility index (Phi) is 4.56. The third-order valence-corrected chi connectivity index (χ3v) is 5.82. The predicted molar refractivity (Wildman–Crippen MR) is 99.5 cm³/mol. The molecule has 0 aliphatic carbocycles. The summed E-state index contributed by atoms with van der Waals surface area (Å²) in [6.07, 6.45) is 0. The maximum atomic E-state index is 12.4. The van der Waals surface area contributed by atoms with Gasteiger partial charge in [-0.1, -0.05) is 12.1 Å². The number of aryl methyl sites for hydroxylation is 1. The topological polar surface area (TPSA) is 65.9 Å². The largest absolute Gasteiger partial charge is 0.497 e. The summed E-state index contributed by atoms with van der Waals surface area (Å²) >= 11 is 5.03. The summed E-state index contributed by atoms with van der Waals surface area (Å²) in [4.78, 5) is 17.1. The molecule has 0 bridgehead atoms. The first-order chi connectivity index (χ1) is 11.5. The van der Waals surface area contributed by atoms with Crippen molar-refractivity contribution in [3.63, 3.8) is 0 Å². The van der Waals surface area contributed by atoms with Crippen LogP contribution in [0.1, 0.15) is 10.4 Å². The number of pyridine rings is 1. The second-order valence-electron chi connectivity index (χ2n) is 5.16. The van der Waals surface area contributed by atoms with Crippen molar-refractivity contribution in [2.45, 2.75) is 6.92 Å². The number of methoxy groups -OCH3 is 1. The van der Waals surface area contributed by atoms with Crippen LogP contribution in [0.25, 0.3) is 21.7 Å². The average molecular weight is 401 g/mol. The van der Waals surface area contributed by atoms with Crippen LogP contribution in [0.4, 0.5) is 0 Å². The molecule has 1 N–H and O–H groups in total. The van der Waals surface area contributed by atoms with Crippen molar-refractivity contribution < 1.29 is 4.74 Å². The Morgan fingerprint density at radius 2 is 2.08 bits per heavy atom. The second kappa shape index (κ2) is 6.63. The molecule has 0 atom stereocenters. The lowest BCUT2D eigenvalue weighted by Gasteiger charge is -2.08. The fourth-order valence-corrected chi connectivity index (χ4v) is 3.96. The van der Waals surface area contributed by atoms with E-state index in [0.717, 1.165) is 19.8 Å². The minimum absolute atomic E-state index is 0.121. The van der Waals surface area contributed by atoms with Gasteiger partial charge >= 0.3 is 0 Å². The standard InChI is InChI=1S/C18H13BrN2O2S/c1-10-15(19)8-17(24-10)13-7-16(21-18(22)14(13)9-20)11-4-3-5-12(6-11)23-2/h3-8H,1-2H3,(H,21,22). The molecule has 0 saturated carbocycles. The normalized spacial score (nSPS) is 10.4. The molecule has 6 heteroatoms. The van der Waals surface area contributed by atoms with E-state index in [2.05, 4.69) is 20.9 Å². The molecular formula is C18H13BrN2O2S.